The van der Waals surface area contributed by atoms with Crippen molar-refractivity contribution >= 4 is 5.91 Å². The van der Waals surface area contributed by atoms with E-state index in [-0.39, 0.29) is 11.5 Å². The quantitative estimate of drug-likeness (QED) is 0.786. The van der Waals surface area contributed by atoms with Gasteiger partial charge in [0.15, 0.2) is 0 Å². The summed E-state index contributed by atoms with van der Waals surface area (Å²) in [4.78, 5) is 11.6. The predicted molar refractivity (Wildman–Crippen MR) is 80.7 cm³/mol. The molecule has 116 valence electrons. The van der Waals surface area contributed by atoms with Crippen molar-refractivity contribution in [3.8, 4) is 0 Å². The summed E-state index contributed by atoms with van der Waals surface area (Å²) in [5.41, 5.74) is 0.151. The molecule has 2 aliphatic rings. The normalized spacial score (nSPS) is 25.6. The molecule has 1 aliphatic carbocycles. The minimum absolute atomic E-state index is 0.151. The van der Waals surface area contributed by atoms with Gasteiger partial charge in [-0.25, -0.2) is 0 Å². The summed E-state index contributed by atoms with van der Waals surface area (Å²) in [5.74, 6) is 0.166. The Morgan fingerprint density at radius 2 is 2.05 bits per heavy atom. The molecule has 0 aromatic rings. The lowest BCUT2D eigenvalue weighted by Gasteiger charge is -2.43. The van der Waals surface area contributed by atoms with Crippen LogP contribution in [0, 0.1) is 0 Å². The maximum Gasteiger partial charge on any atom is 0.221 e. The number of hydrogen-bond donors (Lipinski definition) is 2. The van der Waals surface area contributed by atoms with Crippen molar-refractivity contribution in [2.75, 3.05) is 19.7 Å². The molecule has 0 bridgehead atoms. The van der Waals surface area contributed by atoms with Crippen LogP contribution in [-0.2, 0) is 9.53 Å². The third kappa shape index (κ3) is 4.74. The Morgan fingerprint density at radius 3 is 2.80 bits per heavy atom. The summed E-state index contributed by atoms with van der Waals surface area (Å²) in [6, 6.07) is 0.529. The molecule has 1 aliphatic heterocycles. The van der Waals surface area contributed by atoms with E-state index >= 15 is 0 Å². The second-order valence-electron chi connectivity index (χ2n) is 6.34. The second kappa shape index (κ2) is 7.99. The van der Waals surface area contributed by atoms with Crippen LogP contribution in [0.5, 0.6) is 0 Å². The maximum atomic E-state index is 11.6. The molecule has 0 aromatic heterocycles. The van der Waals surface area contributed by atoms with Crippen LogP contribution >= 0.6 is 0 Å². The van der Waals surface area contributed by atoms with Gasteiger partial charge in [-0.15, -0.1) is 0 Å². The van der Waals surface area contributed by atoms with E-state index in [1.807, 2.05) is 0 Å². The van der Waals surface area contributed by atoms with Crippen LogP contribution < -0.4 is 10.6 Å². The summed E-state index contributed by atoms with van der Waals surface area (Å²) in [5, 5.41) is 6.48. The smallest absolute Gasteiger partial charge is 0.221 e. The Bertz CT molecular complexity index is 295. The van der Waals surface area contributed by atoms with Gasteiger partial charge in [0.1, 0.15) is 0 Å². The van der Waals surface area contributed by atoms with Gasteiger partial charge < -0.3 is 15.4 Å². The van der Waals surface area contributed by atoms with Crippen molar-refractivity contribution in [3.05, 3.63) is 0 Å². The van der Waals surface area contributed by atoms with E-state index in [0.29, 0.717) is 12.5 Å². The van der Waals surface area contributed by atoms with Gasteiger partial charge >= 0.3 is 0 Å². The van der Waals surface area contributed by atoms with Crippen molar-refractivity contribution < 1.29 is 9.53 Å². The zero-order chi connectivity index (χ0) is 14.3. The maximum absolute atomic E-state index is 11.6. The molecule has 4 nitrogen and oxygen atoms in total. The standard InChI is InChI=1S/C16H30N2O2/c1-2-10-18-15(19)6-11-17-14-7-12-20-16(13-14)8-4-3-5-9-16/h14,17H,2-13H2,1H3,(H,18,19). The van der Waals surface area contributed by atoms with Gasteiger partial charge in [-0.3, -0.25) is 4.79 Å². The number of rotatable bonds is 6. The first-order valence-electron chi connectivity index (χ1n) is 8.38. The lowest BCUT2D eigenvalue weighted by molar-refractivity contribution is -0.121. The molecule has 4 heteroatoms. The molecule has 1 amide bonds. The minimum atomic E-state index is 0.151. The van der Waals surface area contributed by atoms with Gasteiger partial charge in [0.05, 0.1) is 5.60 Å². The highest BCUT2D eigenvalue weighted by Crippen LogP contribution is 2.38. The highest BCUT2D eigenvalue weighted by atomic mass is 16.5. The lowest BCUT2D eigenvalue weighted by atomic mass is 9.78. The van der Waals surface area contributed by atoms with Crippen LogP contribution in [0.2, 0.25) is 0 Å². The fraction of sp³-hybridized carbons (Fsp3) is 0.938. The molecule has 1 saturated heterocycles. The van der Waals surface area contributed by atoms with Crippen LogP contribution in [-0.4, -0.2) is 37.2 Å². The van der Waals surface area contributed by atoms with Gasteiger partial charge in [0.25, 0.3) is 0 Å². The van der Waals surface area contributed by atoms with Gasteiger partial charge in [-0.1, -0.05) is 26.2 Å². The molecule has 1 atom stereocenters. The summed E-state index contributed by atoms with van der Waals surface area (Å²) >= 11 is 0. The van der Waals surface area contributed by atoms with Gasteiger partial charge in [0, 0.05) is 32.2 Å². The second-order valence-corrected chi connectivity index (χ2v) is 6.34. The van der Waals surface area contributed by atoms with Crippen LogP contribution in [0.25, 0.3) is 0 Å². The lowest BCUT2D eigenvalue weighted by Crippen LogP contribution is -2.48. The summed E-state index contributed by atoms with van der Waals surface area (Å²) in [7, 11) is 0. The predicted octanol–water partition coefficient (Wildman–Crippen LogP) is 2.37. The monoisotopic (exact) mass is 282 g/mol. The number of hydrogen-bond acceptors (Lipinski definition) is 3. The van der Waals surface area contributed by atoms with Gasteiger partial charge in [0.2, 0.25) is 5.91 Å². The number of nitrogens with one attached hydrogen (secondary N) is 2. The first kappa shape index (κ1) is 15.8. The van der Waals surface area contributed by atoms with Crippen molar-refractivity contribution in [2.45, 2.75) is 76.4 Å². The highest BCUT2D eigenvalue weighted by molar-refractivity contribution is 5.75. The number of carbonyl (C=O) groups excluding carboxylic acids is 1. The van der Waals surface area contributed by atoms with Crippen LogP contribution in [0.3, 0.4) is 0 Å². The average molecular weight is 282 g/mol. The fourth-order valence-electron chi connectivity index (χ4n) is 3.49. The van der Waals surface area contributed by atoms with Crippen molar-refractivity contribution in [2.24, 2.45) is 0 Å². The number of carbonyl (C=O) groups is 1. The Balaban J connectivity index is 1.66. The van der Waals surface area contributed by atoms with E-state index in [9.17, 15) is 4.79 Å². The largest absolute Gasteiger partial charge is 0.375 e. The van der Waals surface area contributed by atoms with Gasteiger partial charge in [-0.2, -0.15) is 0 Å². The topological polar surface area (TPSA) is 50.4 Å². The summed E-state index contributed by atoms with van der Waals surface area (Å²) < 4.78 is 6.10. The van der Waals surface area contributed by atoms with Crippen LogP contribution in [0.15, 0.2) is 0 Å². The zero-order valence-electron chi connectivity index (χ0n) is 12.9. The molecule has 1 spiro atoms. The van der Waals surface area contributed by atoms with Crippen molar-refractivity contribution in [1.82, 2.24) is 10.6 Å². The first-order valence-corrected chi connectivity index (χ1v) is 8.38. The van der Waals surface area contributed by atoms with E-state index < -0.39 is 0 Å². The molecule has 2 N–H and O–H groups in total. The molecule has 2 rings (SSSR count). The molecular weight excluding hydrogens is 252 g/mol. The molecule has 1 saturated carbocycles. The third-order valence-corrected chi connectivity index (χ3v) is 4.61. The number of amides is 1. The highest BCUT2D eigenvalue weighted by Gasteiger charge is 2.38. The van der Waals surface area contributed by atoms with Crippen molar-refractivity contribution in [1.29, 1.82) is 0 Å². The molecule has 2 fully saturated rings. The minimum Gasteiger partial charge on any atom is -0.375 e. The van der Waals surface area contributed by atoms with E-state index in [1.165, 1.54) is 32.1 Å². The van der Waals surface area contributed by atoms with Crippen molar-refractivity contribution in [3.63, 3.8) is 0 Å². The molecule has 0 aromatic carbocycles. The molecular formula is C16H30N2O2. The summed E-state index contributed by atoms with van der Waals surface area (Å²) in [6.07, 6.45) is 10.2. The number of ether oxygens (including phenoxy) is 1. The van der Waals surface area contributed by atoms with E-state index in [2.05, 4.69) is 17.6 Å². The van der Waals surface area contributed by atoms with Gasteiger partial charge in [-0.05, 0) is 32.1 Å². The van der Waals surface area contributed by atoms with E-state index in [0.717, 1.165) is 39.0 Å². The molecule has 20 heavy (non-hydrogen) atoms. The Labute approximate surface area is 123 Å². The molecule has 1 heterocycles. The Hall–Kier alpha value is -0.610. The SMILES string of the molecule is CCCNC(=O)CCNC1CCOC2(CCCCC2)C1. The van der Waals surface area contributed by atoms with E-state index in [1.54, 1.807) is 0 Å². The van der Waals surface area contributed by atoms with E-state index in [4.69, 9.17) is 4.74 Å². The first-order chi connectivity index (χ1) is 9.74. The fourth-order valence-corrected chi connectivity index (χ4v) is 3.49. The van der Waals surface area contributed by atoms with Crippen LogP contribution in [0.4, 0.5) is 0 Å². The zero-order valence-corrected chi connectivity index (χ0v) is 12.9. The Morgan fingerprint density at radius 1 is 1.25 bits per heavy atom. The molecule has 0 radical (unpaired) electrons. The Kier molecular flexibility index (Phi) is 6.30. The summed E-state index contributed by atoms with van der Waals surface area (Å²) in [6.45, 7) is 4.53. The molecule has 1 unspecified atom stereocenters. The van der Waals surface area contributed by atoms with Crippen LogP contribution in [0.1, 0.15) is 64.7 Å². The third-order valence-electron chi connectivity index (χ3n) is 4.61. The average Bonchev–Trinajstić information content (AvgIpc) is 2.46.